The summed E-state index contributed by atoms with van der Waals surface area (Å²) >= 11 is 5.82. The smallest absolute Gasteiger partial charge is 0.0411 e. The van der Waals surface area contributed by atoms with Crippen molar-refractivity contribution < 1.29 is 0 Å². The summed E-state index contributed by atoms with van der Waals surface area (Å²) in [7, 11) is 0. The van der Waals surface area contributed by atoms with Crippen molar-refractivity contribution in [1.82, 2.24) is 0 Å². The summed E-state index contributed by atoms with van der Waals surface area (Å²) in [6.07, 6.45) is 6.60. The largest absolute Gasteiger partial charge is 0.0843 e. The van der Waals surface area contributed by atoms with E-state index in [2.05, 4.69) is 25.1 Å². The van der Waals surface area contributed by atoms with Gasteiger partial charge in [0.1, 0.15) is 0 Å². The molecule has 0 aliphatic rings. The molecular formula is C11H13Cl. The van der Waals surface area contributed by atoms with Gasteiger partial charge in [0.2, 0.25) is 0 Å². The highest BCUT2D eigenvalue weighted by Crippen LogP contribution is 2.12. The van der Waals surface area contributed by atoms with Gasteiger partial charge < -0.3 is 0 Å². The maximum atomic E-state index is 5.82. The molecule has 0 spiro atoms. The van der Waals surface area contributed by atoms with Crippen molar-refractivity contribution in [2.45, 2.75) is 19.8 Å². The number of allylic oxidation sites excluding steroid dienone is 1. The fourth-order valence-corrected chi connectivity index (χ4v) is 1.20. The lowest BCUT2D eigenvalue weighted by atomic mass is 10.2. The van der Waals surface area contributed by atoms with E-state index in [-0.39, 0.29) is 0 Å². The quantitative estimate of drug-likeness (QED) is 0.656. The molecule has 1 rings (SSSR count). The zero-order chi connectivity index (χ0) is 8.81. The van der Waals surface area contributed by atoms with Crippen LogP contribution in [0.15, 0.2) is 30.3 Å². The maximum absolute atomic E-state index is 5.82. The van der Waals surface area contributed by atoms with Gasteiger partial charge in [-0.25, -0.2) is 0 Å². The molecule has 1 aromatic carbocycles. The third-order valence-electron chi connectivity index (χ3n) is 1.61. The van der Waals surface area contributed by atoms with Crippen LogP contribution in [0.1, 0.15) is 25.3 Å². The minimum absolute atomic E-state index is 0.800. The summed E-state index contributed by atoms with van der Waals surface area (Å²) in [6.45, 7) is 2.17. The van der Waals surface area contributed by atoms with E-state index in [4.69, 9.17) is 11.6 Å². The van der Waals surface area contributed by atoms with Crippen LogP contribution in [0.25, 0.3) is 6.08 Å². The average Bonchev–Trinajstić information content (AvgIpc) is 2.05. The lowest BCUT2D eigenvalue weighted by molar-refractivity contribution is 0.962. The summed E-state index contributed by atoms with van der Waals surface area (Å²) in [5, 5.41) is 0.800. The molecule has 0 amide bonds. The zero-order valence-electron chi connectivity index (χ0n) is 7.26. The Balaban J connectivity index is 2.63. The highest BCUT2D eigenvalue weighted by atomic mass is 35.5. The Labute approximate surface area is 78.9 Å². The normalized spacial score (nSPS) is 10.8. The van der Waals surface area contributed by atoms with Crippen LogP contribution >= 0.6 is 11.6 Å². The Hall–Kier alpha value is -0.750. The molecule has 0 aromatic heterocycles. The highest BCUT2D eigenvalue weighted by molar-refractivity contribution is 6.30. The number of halogens is 1. The fraction of sp³-hybridized carbons (Fsp3) is 0.273. The first-order valence-corrected chi connectivity index (χ1v) is 4.63. The highest BCUT2D eigenvalue weighted by Gasteiger charge is 1.87. The number of benzene rings is 1. The molecule has 0 atom stereocenters. The lowest BCUT2D eigenvalue weighted by Gasteiger charge is -1.93. The second kappa shape index (κ2) is 5.00. The molecule has 0 nitrogen and oxygen atoms in total. The SMILES string of the molecule is CCC/C=C\c1cccc(Cl)c1. The molecule has 1 heteroatoms. The Bertz CT molecular complexity index is 263. The Morgan fingerprint density at radius 1 is 1.42 bits per heavy atom. The summed E-state index contributed by atoms with van der Waals surface area (Å²) < 4.78 is 0. The Kier molecular flexibility index (Phi) is 3.89. The molecular weight excluding hydrogens is 168 g/mol. The maximum Gasteiger partial charge on any atom is 0.0411 e. The third kappa shape index (κ3) is 3.10. The summed E-state index contributed by atoms with van der Waals surface area (Å²) in [5.41, 5.74) is 1.18. The van der Waals surface area contributed by atoms with Crippen molar-refractivity contribution in [2.75, 3.05) is 0 Å². The van der Waals surface area contributed by atoms with Crippen LogP contribution in [0.4, 0.5) is 0 Å². The van der Waals surface area contributed by atoms with Gasteiger partial charge in [0.15, 0.2) is 0 Å². The number of hydrogen-bond donors (Lipinski definition) is 0. The number of rotatable bonds is 3. The Morgan fingerprint density at radius 2 is 2.25 bits per heavy atom. The van der Waals surface area contributed by atoms with E-state index in [9.17, 15) is 0 Å². The van der Waals surface area contributed by atoms with Crippen molar-refractivity contribution in [3.63, 3.8) is 0 Å². The second-order valence-electron chi connectivity index (χ2n) is 2.75. The standard InChI is InChI=1S/C11H13Cl/c1-2-3-4-6-10-7-5-8-11(12)9-10/h4-9H,2-3H2,1H3/b6-4-. The van der Waals surface area contributed by atoms with Gasteiger partial charge in [-0.05, 0) is 24.1 Å². The van der Waals surface area contributed by atoms with E-state index in [0.29, 0.717) is 0 Å². The van der Waals surface area contributed by atoms with Crippen molar-refractivity contribution in [2.24, 2.45) is 0 Å². The van der Waals surface area contributed by atoms with Crippen LogP contribution < -0.4 is 0 Å². The molecule has 0 N–H and O–H groups in total. The fourth-order valence-electron chi connectivity index (χ4n) is 0.996. The van der Waals surface area contributed by atoms with Crippen LogP contribution in [-0.4, -0.2) is 0 Å². The molecule has 0 bridgehead atoms. The predicted molar refractivity (Wildman–Crippen MR) is 55.4 cm³/mol. The Morgan fingerprint density at radius 3 is 2.92 bits per heavy atom. The van der Waals surface area contributed by atoms with E-state index in [0.717, 1.165) is 11.4 Å². The topological polar surface area (TPSA) is 0 Å². The predicted octanol–water partition coefficient (Wildman–Crippen LogP) is 4.15. The molecule has 1 aromatic rings. The first-order chi connectivity index (χ1) is 5.83. The van der Waals surface area contributed by atoms with Gasteiger partial charge in [-0.2, -0.15) is 0 Å². The third-order valence-corrected chi connectivity index (χ3v) is 1.85. The van der Waals surface area contributed by atoms with E-state index in [1.54, 1.807) is 0 Å². The van der Waals surface area contributed by atoms with Gasteiger partial charge in [-0.15, -0.1) is 0 Å². The molecule has 0 unspecified atom stereocenters. The molecule has 64 valence electrons. The van der Waals surface area contributed by atoms with E-state index in [1.807, 2.05) is 18.2 Å². The van der Waals surface area contributed by atoms with Crippen LogP contribution in [0.2, 0.25) is 5.02 Å². The molecule has 0 heterocycles. The van der Waals surface area contributed by atoms with Crippen LogP contribution in [0.5, 0.6) is 0 Å². The van der Waals surface area contributed by atoms with Gasteiger partial charge in [-0.1, -0.05) is 49.2 Å². The molecule has 0 radical (unpaired) electrons. The van der Waals surface area contributed by atoms with Gasteiger partial charge in [0.25, 0.3) is 0 Å². The number of hydrogen-bond acceptors (Lipinski definition) is 0. The van der Waals surface area contributed by atoms with Crippen molar-refractivity contribution in [1.29, 1.82) is 0 Å². The van der Waals surface area contributed by atoms with E-state index < -0.39 is 0 Å². The monoisotopic (exact) mass is 180 g/mol. The first kappa shape index (κ1) is 9.34. The van der Waals surface area contributed by atoms with Crippen LogP contribution in [0, 0.1) is 0 Å². The molecule has 0 saturated carbocycles. The second-order valence-corrected chi connectivity index (χ2v) is 3.18. The minimum atomic E-state index is 0.800. The van der Waals surface area contributed by atoms with Gasteiger partial charge >= 0.3 is 0 Å². The molecule has 12 heavy (non-hydrogen) atoms. The van der Waals surface area contributed by atoms with Crippen molar-refractivity contribution in [3.05, 3.63) is 40.9 Å². The van der Waals surface area contributed by atoms with Crippen molar-refractivity contribution in [3.8, 4) is 0 Å². The van der Waals surface area contributed by atoms with E-state index in [1.165, 1.54) is 12.0 Å². The van der Waals surface area contributed by atoms with Crippen LogP contribution in [0.3, 0.4) is 0 Å². The van der Waals surface area contributed by atoms with Gasteiger partial charge in [0.05, 0.1) is 0 Å². The molecule has 0 saturated heterocycles. The molecule has 0 aliphatic carbocycles. The van der Waals surface area contributed by atoms with Crippen LogP contribution in [-0.2, 0) is 0 Å². The minimum Gasteiger partial charge on any atom is -0.0843 e. The first-order valence-electron chi connectivity index (χ1n) is 4.25. The number of unbranched alkanes of at least 4 members (excludes halogenated alkanes) is 1. The summed E-state index contributed by atoms with van der Waals surface area (Å²) in [6, 6.07) is 7.87. The summed E-state index contributed by atoms with van der Waals surface area (Å²) in [4.78, 5) is 0. The summed E-state index contributed by atoms with van der Waals surface area (Å²) in [5.74, 6) is 0. The average molecular weight is 181 g/mol. The lowest BCUT2D eigenvalue weighted by Crippen LogP contribution is -1.70. The van der Waals surface area contributed by atoms with Crippen molar-refractivity contribution >= 4 is 17.7 Å². The molecule has 0 aliphatic heterocycles. The van der Waals surface area contributed by atoms with Gasteiger partial charge in [0, 0.05) is 5.02 Å². The van der Waals surface area contributed by atoms with Gasteiger partial charge in [-0.3, -0.25) is 0 Å². The van der Waals surface area contributed by atoms with E-state index >= 15 is 0 Å². The zero-order valence-corrected chi connectivity index (χ0v) is 8.01. The molecule has 0 fully saturated rings.